The minimum absolute atomic E-state index is 0.143. The molecule has 2 heterocycles. The smallest absolute Gasteiger partial charge is 0.291 e. The molecule has 128 valence electrons. The summed E-state index contributed by atoms with van der Waals surface area (Å²) in [7, 11) is 0. The van der Waals surface area contributed by atoms with Gasteiger partial charge in [-0.25, -0.2) is 0 Å². The Labute approximate surface area is 149 Å². The normalized spacial score (nSPS) is 10.4. The Kier molecular flexibility index (Phi) is 5.30. The van der Waals surface area contributed by atoms with E-state index in [0.717, 1.165) is 11.3 Å². The van der Waals surface area contributed by atoms with Gasteiger partial charge in [0.25, 0.3) is 11.8 Å². The van der Waals surface area contributed by atoms with Crippen molar-refractivity contribution in [1.29, 1.82) is 0 Å². The van der Waals surface area contributed by atoms with Crippen molar-refractivity contribution in [3.8, 4) is 0 Å². The molecule has 0 atom stereocenters. The minimum Gasteiger partial charge on any atom is -0.459 e. The van der Waals surface area contributed by atoms with Crippen LogP contribution in [-0.4, -0.2) is 11.8 Å². The molecule has 0 aliphatic heterocycles. The van der Waals surface area contributed by atoms with E-state index in [2.05, 4.69) is 23.6 Å². The number of rotatable bonds is 6. The molecule has 2 aromatic heterocycles. The molecule has 3 rings (SSSR count). The fraction of sp³-hybridized carbons (Fsp3) is 0.158. The number of aryl methyl sites for hydroxylation is 1. The van der Waals surface area contributed by atoms with Crippen molar-refractivity contribution in [3.05, 3.63) is 75.9 Å². The second-order valence-electron chi connectivity index (χ2n) is 5.41. The van der Waals surface area contributed by atoms with Crippen LogP contribution >= 0.6 is 11.3 Å². The van der Waals surface area contributed by atoms with Crippen LogP contribution in [0.15, 0.2) is 59.2 Å². The van der Waals surface area contributed by atoms with E-state index in [-0.39, 0.29) is 17.6 Å². The van der Waals surface area contributed by atoms with E-state index in [4.69, 9.17) is 4.42 Å². The third kappa shape index (κ3) is 4.36. The maximum absolute atomic E-state index is 12.2. The second kappa shape index (κ2) is 7.81. The van der Waals surface area contributed by atoms with Gasteiger partial charge in [-0.1, -0.05) is 6.92 Å². The summed E-state index contributed by atoms with van der Waals surface area (Å²) in [6.07, 6.45) is 2.45. The third-order valence-corrected chi connectivity index (χ3v) is 4.87. The lowest BCUT2D eigenvalue weighted by molar-refractivity contribution is 0.0950. The van der Waals surface area contributed by atoms with Gasteiger partial charge in [0.1, 0.15) is 0 Å². The summed E-state index contributed by atoms with van der Waals surface area (Å²) in [5, 5.41) is 5.62. The van der Waals surface area contributed by atoms with Gasteiger partial charge in [-0.3, -0.25) is 9.59 Å². The molecule has 6 heteroatoms. The number of hydrogen-bond acceptors (Lipinski definition) is 4. The molecule has 0 radical (unpaired) electrons. The highest BCUT2D eigenvalue weighted by Crippen LogP contribution is 2.17. The molecule has 0 spiro atoms. The molecule has 0 bridgehead atoms. The van der Waals surface area contributed by atoms with E-state index in [0.29, 0.717) is 17.8 Å². The van der Waals surface area contributed by atoms with E-state index in [1.54, 1.807) is 47.7 Å². The average Bonchev–Trinajstić information content (AvgIpc) is 3.32. The van der Waals surface area contributed by atoms with E-state index >= 15 is 0 Å². The van der Waals surface area contributed by atoms with Crippen LogP contribution in [0.25, 0.3) is 0 Å². The van der Waals surface area contributed by atoms with Gasteiger partial charge < -0.3 is 15.1 Å². The maximum atomic E-state index is 12.2. The second-order valence-corrected chi connectivity index (χ2v) is 6.67. The lowest BCUT2D eigenvalue weighted by Crippen LogP contribution is -2.22. The van der Waals surface area contributed by atoms with Gasteiger partial charge >= 0.3 is 0 Å². The third-order valence-electron chi connectivity index (χ3n) is 3.64. The first kappa shape index (κ1) is 17.0. The largest absolute Gasteiger partial charge is 0.459 e. The maximum Gasteiger partial charge on any atom is 0.291 e. The topological polar surface area (TPSA) is 71.3 Å². The lowest BCUT2D eigenvalue weighted by Gasteiger charge is -2.06. The van der Waals surface area contributed by atoms with Gasteiger partial charge in [0.15, 0.2) is 5.76 Å². The predicted molar refractivity (Wildman–Crippen MR) is 98.0 cm³/mol. The number of furan rings is 1. The Morgan fingerprint density at radius 2 is 1.76 bits per heavy atom. The summed E-state index contributed by atoms with van der Waals surface area (Å²) < 4.78 is 5.04. The first-order valence-corrected chi connectivity index (χ1v) is 8.78. The SMILES string of the molecule is CCc1ccc(CNC(=O)c2ccc(NC(=O)c3ccco3)cc2)s1. The molecule has 0 aliphatic rings. The molecule has 25 heavy (non-hydrogen) atoms. The summed E-state index contributed by atoms with van der Waals surface area (Å²) in [4.78, 5) is 26.5. The molecule has 1 aromatic carbocycles. The van der Waals surface area contributed by atoms with Gasteiger partial charge in [-0.2, -0.15) is 0 Å². The van der Waals surface area contributed by atoms with Crippen LogP contribution in [0.1, 0.15) is 37.6 Å². The lowest BCUT2D eigenvalue weighted by atomic mass is 10.2. The van der Waals surface area contributed by atoms with Gasteiger partial charge in [-0.05, 0) is 55.0 Å². The standard InChI is InChI=1S/C19H18N2O3S/c1-2-15-9-10-16(25-15)12-20-18(22)13-5-7-14(8-6-13)21-19(23)17-4-3-11-24-17/h3-11H,2,12H2,1H3,(H,20,22)(H,21,23). The molecular formula is C19H18N2O3S. The van der Waals surface area contributed by atoms with Crippen molar-refractivity contribution in [2.75, 3.05) is 5.32 Å². The summed E-state index contributed by atoms with van der Waals surface area (Å²) in [5.74, 6) is -0.230. The monoisotopic (exact) mass is 354 g/mol. The minimum atomic E-state index is -0.327. The molecule has 0 unspecified atom stereocenters. The Morgan fingerprint density at radius 1 is 1.00 bits per heavy atom. The number of carbonyl (C=O) groups excluding carboxylic acids is 2. The van der Waals surface area contributed by atoms with Crippen LogP contribution in [-0.2, 0) is 13.0 Å². The molecular weight excluding hydrogens is 336 g/mol. The first-order chi connectivity index (χ1) is 12.2. The van der Waals surface area contributed by atoms with E-state index in [1.807, 2.05) is 6.07 Å². The summed E-state index contributed by atoms with van der Waals surface area (Å²) >= 11 is 1.71. The quantitative estimate of drug-likeness (QED) is 0.700. The molecule has 0 aliphatic carbocycles. The molecule has 2 amide bonds. The molecule has 0 saturated carbocycles. The van der Waals surface area contributed by atoms with Crippen molar-refractivity contribution in [3.63, 3.8) is 0 Å². The van der Waals surface area contributed by atoms with Crippen LogP contribution in [0.5, 0.6) is 0 Å². The molecule has 0 fully saturated rings. The van der Waals surface area contributed by atoms with Crippen LogP contribution in [0.4, 0.5) is 5.69 Å². The Hall–Kier alpha value is -2.86. The molecule has 2 N–H and O–H groups in total. The van der Waals surface area contributed by atoms with Crippen LogP contribution in [0.2, 0.25) is 0 Å². The molecule has 5 nitrogen and oxygen atoms in total. The zero-order chi connectivity index (χ0) is 17.6. The van der Waals surface area contributed by atoms with Crippen LogP contribution in [0.3, 0.4) is 0 Å². The van der Waals surface area contributed by atoms with Crippen LogP contribution in [0, 0.1) is 0 Å². The van der Waals surface area contributed by atoms with E-state index in [9.17, 15) is 9.59 Å². The summed E-state index contributed by atoms with van der Waals surface area (Å²) in [6.45, 7) is 2.63. The molecule has 3 aromatic rings. The first-order valence-electron chi connectivity index (χ1n) is 7.96. The van der Waals surface area contributed by atoms with Gasteiger partial charge in [0.05, 0.1) is 12.8 Å². The van der Waals surface area contributed by atoms with Gasteiger partial charge in [0, 0.05) is 21.0 Å². The highest BCUT2D eigenvalue weighted by atomic mass is 32.1. The number of anilines is 1. The highest BCUT2D eigenvalue weighted by Gasteiger charge is 2.10. The predicted octanol–water partition coefficient (Wildman–Crippen LogP) is 4.09. The van der Waals surface area contributed by atoms with Crippen molar-refractivity contribution in [1.82, 2.24) is 5.32 Å². The van der Waals surface area contributed by atoms with Gasteiger partial charge in [-0.15, -0.1) is 11.3 Å². The van der Waals surface area contributed by atoms with Crippen molar-refractivity contribution in [2.24, 2.45) is 0 Å². The van der Waals surface area contributed by atoms with Crippen molar-refractivity contribution < 1.29 is 14.0 Å². The number of thiophene rings is 1. The zero-order valence-corrected chi connectivity index (χ0v) is 14.6. The fourth-order valence-electron chi connectivity index (χ4n) is 2.28. The van der Waals surface area contributed by atoms with E-state index < -0.39 is 0 Å². The highest BCUT2D eigenvalue weighted by molar-refractivity contribution is 7.11. The zero-order valence-electron chi connectivity index (χ0n) is 13.7. The number of carbonyl (C=O) groups is 2. The number of nitrogens with one attached hydrogen (secondary N) is 2. The number of amides is 2. The number of benzene rings is 1. The summed E-state index contributed by atoms with van der Waals surface area (Å²) in [6, 6.07) is 14.1. The Bertz CT molecular complexity index is 851. The Morgan fingerprint density at radius 3 is 2.40 bits per heavy atom. The van der Waals surface area contributed by atoms with Gasteiger partial charge in [0.2, 0.25) is 0 Å². The van der Waals surface area contributed by atoms with Crippen molar-refractivity contribution >= 4 is 28.8 Å². The summed E-state index contributed by atoms with van der Waals surface area (Å²) in [5.41, 5.74) is 1.15. The van der Waals surface area contributed by atoms with E-state index in [1.165, 1.54) is 11.1 Å². The number of hydrogen-bond donors (Lipinski definition) is 2. The Balaban J connectivity index is 1.55. The fourth-order valence-corrected chi connectivity index (χ4v) is 3.18. The molecule has 0 saturated heterocycles. The van der Waals surface area contributed by atoms with Crippen molar-refractivity contribution in [2.45, 2.75) is 19.9 Å². The average molecular weight is 354 g/mol. The van der Waals surface area contributed by atoms with Crippen LogP contribution < -0.4 is 10.6 Å².